The van der Waals surface area contributed by atoms with Gasteiger partial charge >= 0.3 is 0 Å². The lowest BCUT2D eigenvalue weighted by Crippen LogP contribution is -2.23. The molecule has 1 aromatic rings. The van der Waals surface area contributed by atoms with Gasteiger partial charge in [-0.3, -0.25) is 10.1 Å². The minimum Gasteiger partial charge on any atom is -0.379 e. The largest absolute Gasteiger partial charge is 0.379 e. The lowest BCUT2D eigenvalue weighted by Gasteiger charge is -2.10. The molecule has 1 rings (SSSR count). The van der Waals surface area contributed by atoms with Gasteiger partial charge in [-0.2, -0.15) is 0 Å². The van der Waals surface area contributed by atoms with E-state index >= 15 is 0 Å². The van der Waals surface area contributed by atoms with Gasteiger partial charge in [0.25, 0.3) is 5.69 Å². The Hall–Kier alpha value is -1.02. The van der Waals surface area contributed by atoms with E-state index in [1.807, 2.05) is 20.2 Å². The van der Waals surface area contributed by atoms with Crippen molar-refractivity contribution in [3.63, 3.8) is 0 Å². The molecule has 0 aliphatic rings. The lowest BCUT2D eigenvalue weighted by molar-refractivity contribution is -0.385. The smallest absolute Gasteiger partial charge is 0.270 e. The monoisotopic (exact) mass is 345 g/mol. The lowest BCUT2D eigenvalue weighted by atomic mass is 10.2. The Balaban J connectivity index is 2.27. The van der Waals surface area contributed by atoms with Gasteiger partial charge in [0, 0.05) is 36.2 Å². The molecule has 1 N–H and O–H groups in total. The summed E-state index contributed by atoms with van der Waals surface area (Å²) in [5.41, 5.74) is 0.970. The summed E-state index contributed by atoms with van der Waals surface area (Å²) >= 11 is 3.28. The molecule has 0 bridgehead atoms. The van der Waals surface area contributed by atoms with Crippen LogP contribution in [0, 0.1) is 10.1 Å². The predicted octanol–water partition coefficient (Wildman–Crippen LogP) is 2.03. The second-order valence-corrected chi connectivity index (χ2v) is 5.58. The van der Waals surface area contributed by atoms with Crippen LogP contribution in [-0.4, -0.2) is 50.2 Å². The van der Waals surface area contributed by atoms with Crippen LogP contribution in [0.25, 0.3) is 0 Å². The molecule has 0 heterocycles. The minimum atomic E-state index is -0.390. The number of benzene rings is 1. The molecule has 20 heavy (non-hydrogen) atoms. The van der Waals surface area contributed by atoms with Gasteiger partial charge in [0.05, 0.1) is 18.1 Å². The standard InChI is InChI=1S/C13H20BrN3O3/c1-16(2)4-6-20-5-3-15-10-11-7-12(14)9-13(8-11)17(18)19/h7-9,15H,3-6,10H2,1-2H3. The maximum absolute atomic E-state index is 10.7. The van der Waals surface area contributed by atoms with Crippen molar-refractivity contribution in [1.29, 1.82) is 0 Å². The second kappa shape index (κ2) is 9.02. The fraction of sp³-hybridized carbons (Fsp3) is 0.538. The van der Waals surface area contributed by atoms with Crippen LogP contribution in [0.3, 0.4) is 0 Å². The first-order chi connectivity index (χ1) is 9.49. The number of halogens is 1. The van der Waals surface area contributed by atoms with E-state index in [0.29, 0.717) is 30.8 Å². The SMILES string of the molecule is CN(C)CCOCCNCc1cc(Br)cc([N+](=O)[O-])c1. The van der Waals surface area contributed by atoms with Crippen molar-refractivity contribution in [2.45, 2.75) is 6.54 Å². The molecule has 0 saturated heterocycles. The van der Waals surface area contributed by atoms with Crippen molar-refractivity contribution in [3.05, 3.63) is 38.3 Å². The third-order valence-electron chi connectivity index (χ3n) is 2.59. The van der Waals surface area contributed by atoms with Gasteiger partial charge in [-0.25, -0.2) is 0 Å². The molecule has 0 saturated carbocycles. The van der Waals surface area contributed by atoms with E-state index in [2.05, 4.69) is 26.1 Å². The number of nitro benzene ring substituents is 1. The summed E-state index contributed by atoms with van der Waals surface area (Å²) in [6.07, 6.45) is 0. The molecule has 1 aromatic carbocycles. The summed E-state index contributed by atoms with van der Waals surface area (Å²) in [4.78, 5) is 12.4. The van der Waals surface area contributed by atoms with Crippen molar-refractivity contribution < 1.29 is 9.66 Å². The maximum atomic E-state index is 10.7. The summed E-state index contributed by atoms with van der Waals surface area (Å²) in [5, 5.41) is 14.0. The normalized spacial score (nSPS) is 11.0. The highest BCUT2D eigenvalue weighted by molar-refractivity contribution is 9.10. The van der Waals surface area contributed by atoms with Crippen LogP contribution in [-0.2, 0) is 11.3 Å². The van der Waals surface area contributed by atoms with Crippen LogP contribution >= 0.6 is 15.9 Å². The Morgan fingerprint density at radius 1 is 1.35 bits per heavy atom. The number of rotatable bonds is 9. The summed E-state index contributed by atoms with van der Waals surface area (Å²) in [6, 6.07) is 4.94. The van der Waals surface area contributed by atoms with Gasteiger partial charge in [0.2, 0.25) is 0 Å². The Morgan fingerprint density at radius 2 is 2.10 bits per heavy atom. The number of nitro groups is 1. The summed E-state index contributed by atoms with van der Waals surface area (Å²) in [6.45, 7) is 3.53. The van der Waals surface area contributed by atoms with Crippen LogP contribution in [0.15, 0.2) is 22.7 Å². The number of non-ortho nitro benzene ring substituents is 1. The number of likely N-dealkylation sites (N-methyl/N-ethyl adjacent to an activating group) is 1. The van der Waals surface area contributed by atoms with E-state index in [9.17, 15) is 10.1 Å². The fourth-order valence-electron chi connectivity index (χ4n) is 1.57. The molecular formula is C13H20BrN3O3. The van der Waals surface area contributed by atoms with Gasteiger partial charge in [0.1, 0.15) is 0 Å². The zero-order chi connectivity index (χ0) is 15.0. The number of hydrogen-bond donors (Lipinski definition) is 1. The van der Waals surface area contributed by atoms with Gasteiger partial charge in [0.15, 0.2) is 0 Å². The zero-order valence-electron chi connectivity index (χ0n) is 11.8. The molecule has 6 nitrogen and oxygen atoms in total. The fourth-order valence-corrected chi connectivity index (χ4v) is 2.10. The first-order valence-corrected chi connectivity index (χ1v) is 7.15. The number of nitrogens with zero attached hydrogens (tertiary/aromatic N) is 2. The Morgan fingerprint density at radius 3 is 2.75 bits per heavy atom. The van der Waals surface area contributed by atoms with Gasteiger partial charge in [-0.15, -0.1) is 0 Å². The molecule has 0 aliphatic carbocycles. The summed E-state index contributed by atoms with van der Waals surface area (Å²) in [5.74, 6) is 0. The topological polar surface area (TPSA) is 67.6 Å². The van der Waals surface area contributed by atoms with E-state index in [-0.39, 0.29) is 5.69 Å². The van der Waals surface area contributed by atoms with E-state index in [4.69, 9.17) is 4.74 Å². The van der Waals surface area contributed by atoms with Crippen LogP contribution in [0.4, 0.5) is 5.69 Å². The first-order valence-electron chi connectivity index (χ1n) is 6.36. The Labute approximate surface area is 127 Å². The molecule has 7 heteroatoms. The molecule has 0 aromatic heterocycles. The van der Waals surface area contributed by atoms with E-state index in [1.165, 1.54) is 6.07 Å². The maximum Gasteiger partial charge on any atom is 0.270 e. The van der Waals surface area contributed by atoms with Crippen molar-refractivity contribution in [3.8, 4) is 0 Å². The van der Waals surface area contributed by atoms with E-state index < -0.39 is 4.92 Å². The van der Waals surface area contributed by atoms with Crippen LogP contribution < -0.4 is 5.32 Å². The van der Waals surface area contributed by atoms with Gasteiger partial charge in [-0.05, 0) is 25.7 Å². The number of ether oxygens (including phenoxy) is 1. The van der Waals surface area contributed by atoms with E-state index in [0.717, 1.165) is 12.1 Å². The summed E-state index contributed by atoms with van der Waals surface area (Å²) < 4.78 is 6.16. The molecule has 0 atom stereocenters. The van der Waals surface area contributed by atoms with Crippen LogP contribution in [0.2, 0.25) is 0 Å². The van der Waals surface area contributed by atoms with Crippen molar-refractivity contribution in [2.75, 3.05) is 40.4 Å². The highest BCUT2D eigenvalue weighted by Crippen LogP contribution is 2.21. The number of hydrogen-bond acceptors (Lipinski definition) is 5. The Bertz CT molecular complexity index is 441. The third kappa shape index (κ3) is 6.95. The van der Waals surface area contributed by atoms with Crippen molar-refractivity contribution >= 4 is 21.6 Å². The average Bonchev–Trinajstić information content (AvgIpc) is 2.36. The highest BCUT2D eigenvalue weighted by atomic mass is 79.9. The highest BCUT2D eigenvalue weighted by Gasteiger charge is 2.08. The first kappa shape index (κ1) is 17.0. The third-order valence-corrected chi connectivity index (χ3v) is 3.05. The van der Waals surface area contributed by atoms with Gasteiger partial charge in [-0.1, -0.05) is 15.9 Å². The minimum absolute atomic E-state index is 0.0957. The second-order valence-electron chi connectivity index (χ2n) is 4.67. The summed E-state index contributed by atoms with van der Waals surface area (Å²) in [7, 11) is 4.00. The molecular weight excluding hydrogens is 326 g/mol. The van der Waals surface area contributed by atoms with Crippen LogP contribution in [0.5, 0.6) is 0 Å². The molecule has 112 valence electrons. The average molecular weight is 346 g/mol. The molecule has 0 spiro atoms. The quantitative estimate of drug-likeness (QED) is 0.421. The molecule has 0 radical (unpaired) electrons. The molecule has 0 aliphatic heterocycles. The van der Waals surface area contributed by atoms with Gasteiger partial charge < -0.3 is 15.0 Å². The number of nitrogens with one attached hydrogen (secondary N) is 1. The molecule has 0 unspecified atom stereocenters. The zero-order valence-corrected chi connectivity index (χ0v) is 13.4. The van der Waals surface area contributed by atoms with Crippen molar-refractivity contribution in [1.82, 2.24) is 10.2 Å². The molecule has 0 amide bonds. The van der Waals surface area contributed by atoms with Crippen LogP contribution in [0.1, 0.15) is 5.56 Å². The Kier molecular flexibility index (Phi) is 7.68. The van der Waals surface area contributed by atoms with E-state index in [1.54, 1.807) is 6.07 Å². The predicted molar refractivity (Wildman–Crippen MR) is 81.9 cm³/mol. The van der Waals surface area contributed by atoms with Crippen molar-refractivity contribution in [2.24, 2.45) is 0 Å². The molecule has 0 fully saturated rings.